The molecule has 0 unspecified atom stereocenters. The van der Waals surface area contributed by atoms with Gasteiger partial charge in [-0.2, -0.15) is 0 Å². The molecule has 0 aliphatic carbocycles. The monoisotopic (exact) mass is 435 g/mol. The first-order valence-corrected chi connectivity index (χ1v) is 10.9. The first-order chi connectivity index (χ1) is 15.5. The number of aromatic nitrogens is 1. The summed E-state index contributed by atoms with van der Waals surface area (Å²) in [5.41, 5.74) is 2.43. The van der Waals surface area contributed by atoms with Crippen molar-refractivity contribution in [1.82, 2.24) is 15.4 Å². The molecule has 1 aromatic heterocycles. The lowest BCUT2D eigenvalue weighted by atomic mass is 10.1. The molecule has 0 spiro atoms. The lowest BCUT2D eigenvalue weighted by Crippen LogP contribution is -2.36. The van der Waals surface area contributed by atoms with Crippen molar-refractivity contribution in [2.24, 2.45) is 0 Å². The van der Waals surface area contributed by atoms with Crippen molar-refractivity contribution in [3.63, 3.8) is 0 Å². The van der Waals surface area contributed by atoms with Gasteiger partial charge in [-0.25, -0.2) is 0 Å². The second-order valence-corrected chi connectivity index (χ2v) is 8.22. The number of carbonyl (C=O) groups is 1. The molecule has 7 heteroatoms. The number of rotatable bonds is 7. The van der Waals surface area contributed by atoms with Crippen molar-refractivity contribution < 1.29 is 18.8 Å². The van der Waals surface area contributed by atoms with Gasteiger partial charge in [-0.1, -0.05) is 55.4 Å². The Morgan fingerprint density at radius 2 is 2.00 bits per heavy atom. The Labute approximate surface area is 188 Å². The van der Waals surface area contributed by atoms with Gasteiger partial charge < -0.3 is 19.3 Å². The third-order valence-electron chi connectivity index (χ3n) is 5.59. The highest BCUT2D eigenvalue weighted by molar-refractivity contribution is 5.92. The van der Waals surface area contributed by atoms with Gasteiger partial charge in [-0.15, -0.1) is 0 Å². The topological polar surface area (TPSA) is 76.8 Å². The summed E-state index contributed by atoms with van der Waals surface area (Å²) < 4.78 is 17.2. The van der Waals surface area contributed by atoms with E-state index in [0.717, 1.165) is 29.2 Å². The number of benzene rings is 2. The molecule has 1 aliphatic heterocycles. The molecule has 32 heavy (non-hydrogen) atoms. The van der Waals surface area contributed by atoms with Gasteiger partial charge in [-0.3, -0.25) is 9.69 Å². The molecule has 3 aromatic rings. The van der Waals surface area contributed by atoms with Crippen LogP contribution in [0.1, 0.15) is 53.2 Å². The molecule has 0 radical (unpaired) electrons. The minimum atomic E-state index is -0.228. The fourth-order valence-electron chi connectivity index (χ4n) is 3.83. The summed E-state index contributed by atoms with van der Waals surface area (Å²) in [6.45, 7) is 6.57. The Morgan fingerprint density at radius 3 is 2.78 bits per heavy atom. The molecule has 0 bridgehead atoms. The van der Waals surface area contributed by atoms with Gasteiger partial charge in [-0.05, 0) is 12.1 Å². The number of hydrogen-bond acceptors (Lipinski definition) is 6. The Kier molecular flexibility index (Phi) is 6.75. The maximum absolute atomic E-state index is 12.5. The number of carbonyl (C=O) groups excluding carboxylic acids is 1. The third kappa shape index (κ3) is 4.94. The first-order valence-electron chi connectivity index (χ1n) is 10.9. The SMILES string of the molecule is COc1ccccc1[C@@H]1CN(CCNC(=O)c2cc(C(C)C)on2)Cc2ccccc2O1. The molecular formula is C25H29N3O4. The van der Waals surface area contributed by atoms with Crippen LogP contribution in [0.15, 0.2) is 59.1 Å². The molecule has 0 saturated heterocycles. The van der Waals surface area contributed by atoms with E-state index in [9.17, 15) is 4.79 Å². The zero-order valence-electron chi connectivity index (χ0n) is 18.7. The Hall–Kier alpha value is -3.32. The van der Waals surface area contributed by atoms with Crippen LogP contribution < -0.4 is 14.8 Å². The summed E-state index contributed by atoms with van der Waals surface area (Å²) in [6.07, 6.45) is -0.186. The lowest BCUT2D eigenvalue weighted by molar-refractivity contribution is 0.0933. The average molecular weight is 436 g/mol. The van der Waals surface area contributed by atoms with Gasteiger partial charge in [0.05, 0.1) is 7.11 Å². The van der Waals surface area contributed by atoms with Crippen LogP contribution in [0.5, 0.6) is 11.5 Å². The number of ether oxygens (including phenoxy) is 2. The van der Waals surface area contributed by atoms with Gasteiger partial charge in [0, 0.05) is 49.3 Å². The molecule has 4 rings (SSSR count). The summed E-state index contributed by atoms with van der Waals surface area (Å²) in [6, 6.07) is 17.7. The van der Waals surface area contributed by atoms with Crippen LogP contribution in [0.25, 0.3) is 0 Å². The maximum Gasteiger partial charge on any atom is 0.273 e. The van der Waals surface area contributed by atoms with Crippen molar-refractivity contribution >= 4 is 5.91 Å². The normalized spacial score (nSPS) is 16.2. The van der Waals surface area contributed by atoms with Crippen LogP contribution in [0.3, 0.4) is 0 Å². The van der Waals surface area contributed by atoms with E-state index in [1.807, 2.05) is 56.3 Å². The predicted octanol–water partition coefficient (Wildman–Crippen LogP) is 4.17. The van der Waals surface area contributed by atoms with Crippen molar-refractivity contribution in [3.8, 4) is 11.5 Å². The van der Waals surface area contributed by atoms with E-state index in [1.165, 1.54) is 0 Å². The molecule has 7 nitrogen and oxygen atoms in total. The van der Waals surface area contributed by atoms with Crippen LogP contribution in [-0.4, -0.2) is 42.7 Å². The number of methoxy groups -OCH3 is 1. The second kappa shape index (κ2) is 9.87. The van der Waals surface area contributed by atoms with Gasteiger partial charge >= 0.3 is 0 Å². The fraction of sp³-hybridized carbons (Fsp3) is 0.360. The second-order valence-electron chi connectivity index (χ2n) is 8.22. The van der Waals surface area contributed by atoms with Crippen LogP contribution in [-0.2, 0) is 6.54 Å². The van der Waals surface area contributed by atoms with Crippen molar-refractivity contribution in [2.75, 3.05) is 26.7 Å². The summed E-state index contributed by atoms with van der Waals surface area (Å²) in [5.74, 6) is 2.34. The summed E-state index contributed by atoms with van der Waals surface area (Å²) >= 11 is 0. The Bertz CT molecular complexity index is 1060. The van der Waals surface area contributed by atoms with E-state index in [4.69, 9.17) is 14.0 Å². The smallest absolute Gasteiger partial charge is 0.273 e. The highest BCUT2D eigenvalue weighted by Crippen LogP contribution is 2.34. The van der Waals surface area contributed by atoms with Crippen LogP contribution in [0, 0.1) is 0 Å². The summed E-state index contributed by atoms with van der Waals surface area (Å²) in [5, 5.41) is 6.84. The Morgan fingerprint density at radius 1 is 1.22 bits per heavy atom. The molecule has 2 heterocycles. The number of hydrogen-bond donors (Lipinski definition) is 1. The predicted molar refractivity (Wildman–Crippen MR) is 121 cm³/mol. The zero-order chi connectivity index (χ0) is 22.5. The maximum atomic E-state index is 12.5. The van der Waals surface area contributed by atoms with Gasteiger partial charge in [0.2, 0.25) is 0 Å². The number of fused-ring (bicyclic) bond motifs is 1. The molecule has 2 aromatic carbocycles. The molecule has 1 atom stereocenters. The number of nitrogens with zero attached hydrogens (tertiary/aromatic N) is 2. The third-order valence-corrected chi connectivity index (χ3v) is 5.59. The fourth-order valence-corrected chi connectivity index (χ4v) is 3.83. The zero-order valence-corrected chi connectivity index (χ0v) is 18.7. The van der Waals surface area contributed by atoms with Gasteiger partial charge in [0.1, 0.15) is 23.4 Å². The van der Waals surface area contributed by atoms with Crippen LogP contribution >= 0.6 is 0 Å². The molecule has 1 amide bonds. The summed E-state index contributed by atoms with van der Waals surface area (Å²) in [4.78, 5) is 14.7. The van der Waals surface area contributed by atoms with E-state index in [2.05, 4.69) is 21.4 Å². The van der Waals surface area contributed by atoms with Gasteiger partial charge in [0.15, 0.2) is 5.69 Å². The summed E-state index contributed by atoms with van der Waals surface area (Å²) in [7, 11) is 1.67. The standard InChI is InChI=1S/C25H29N3O4/c1-17(2)23-14-20(27-32-23)25(29)26-12-13-28-15-18-8-4-6-10-21(18)31-24(16-28)19-9-5-7-11-22(19)30-3/h4-11,14,17,24H,12-13,15-16H2,1-3H3,(H,26,29)/t24-/m0/s1. The van der Waals surface area contributed by atoms with E-state index in [0.29, 0.717) is 31.1 Å². The molecule has 168 valence electrons. The van der Waals surface area contributed by atoms with Crippen molar-refractivity contribution in [2.45, 2.75) is 32.4 Å². The van der Waals surface area contributed by atoms with E-state index >= 15 is 0 Å². The highest BCUT2D eigenvalue weighted by atomic mass is 16.5. The van der Waals surface area contributed by atoms with E-state index < -0.39 is 0 Å². The molecule has 1 aliphatic rings. The minimum absolute atomic E-state index is 0.186. The molecular weight excluding hydrogens is 406 g/mol. The molecule has 0 fully saturated rings. The average Bonchev–Trinajstić information content (AvgIpc) is 3.23. The largest absolute Gasteiger partial charge is 0.496 e. The highest BCUT2D eigenvalue weighted by Gasteiger charge is 2.26. The quantitative estimate of drug-likeness (QED) is 0.600. The van der Waals surface area contributed by atoms with Gasteiger partial charge in [0.25, 0.3) is 5.91 Å². The first kappa shape index (κ1) is 21.9. The molecule has 1 N–H and O–H groups in total. The number of nitrogens with one attached hydrogen (secondary N) is 1. The Balaban J connectivity index is 1.46. The van der Waals surface area contributed by atoms with Crippen molar-refractivity contribution in [1.29, 1.82) is 0 Å². The number of para-hydroxylation sites is 2. The van der Waals surface area contributed by atoms with Crippen molar-refractivity contribution in [3.05, 3.63) is 77.2 Å². The van der Waals surface area contributed by atoms with Crippen LogP contribution in [0.4, 0.5) is 0 Å². The molecule has 0 saturated carbocycles. The van der Waals surface area contributed by atoms with Crippen LogP contribution in [0.2, 0.25) is 0 Å². The minimum Gasteiger partial charge on any atom is -0.496 e. The van der Waals surface area contributed by atoms with E-state index in [1.54, 1.807) is 13.2 Å². The number of amides is 1. The lowest BCUT2D eigenvalue weighted by Gasteiger charge is -2.25. The van der Waals surface area contributed by atoms with E-state index in [-0.39, 0.29) is 17.9 Å².